The van der Waals surface area contributed by atoms with Crippen LogP contribution in [-0.2, 0) is 0 Å². The maximum atomic E-state index is 11.0. The van der Waals surface area contributed by atoms with Crippen molar-refractivity contribution in [1.82, 2.24) is 9.97 Å². The average Bonchev–Trinajstić information content (AvgIpc) is 2.29. The summed E-state index contributed by atoms with van der Waals surface area (Å²) in [5, 5.41) is 21.0. The van der Waals surface area contributed by atoms with Crippen LogP contribution < -0.4 is 5.32 Å². The van der Waals surface area contributed by atoms with Crippen LogP contribution in [-0.4, -0.2) is 38.3 Å². The average molecular weight is 239 g/mol. The van der Waals surface area contributed by atoms with Gasteiger partial charge in [0.05, 0.1) is 0 Å². The molecule has 1 unspecified atom stereocenters. The number of aromatic nitrogens is 2. The summed E-state index contributed by atoms with van der Waals surface area (Å²) in [6, 6.07) is 0. The smallest absolute Gasteiger partial charge is 0.358 e. The van der Waals surface area contributed by atoms with Crippen molar-refractivity contribution < 1.29 is 15.0 Å². The molecule has 0 spiro atoms. The molecule has 0 fully saturated rings. The molecule has 6 heteroatoms. The normalized spacial score (nSPS) is 14.1. The lowest BCUT2D eigenvalue weighted by molar-refractivity contribution is 0.0691. The largest absolute Gasteiger partial charge is 0.476 e. The molecule has 1 aromatic rings. The van der Waals surface area contributed by atoms with Gasteiger partial charge in [0.25, 0.3) is 0 Å². The molecule has 94 valence electrons. The van der Waals surface area contributed by atoms with E-state index in [2.05, 4.69) is 15.3 Å². The van der Waals surface area contributed by atoms with Crippen LogP contribution in [0.2, 0.25) is 0 Å². The minimum absolute atomic E-state index is 0.0278. The van der Waals surface area contributed by atoms with Crippen molar-refractivity contribution in [3.8, 4) is 0 Å². The summed E-state index contributed by atoms with van der Waals surface area (Å²) in [4.78, 5) is 18.7. The topological polar surface area (TPSA) is 95.3 Å². The Morgan fingerprint density at radius 1 is 1.47 bits per heavy atom. The third-order valence-electron chi connectivity index (χ3n) is 2.76. The van der Waals surface area contributed by atoms with Crippen LogP contribution in [0.25, 0.3) is 0 Å². The number of aliphatic hydroxyl groups is 1. The molecule has 6 nitrogen and oxygen atoms in total. The first-order valence-electron chi connectivity index (χ1n) is 5.46. The Labute approximate surface area is 99.7 Å². The predicted molar refractivity (Wildman–Crippen MR) is 63.0 cm³/mol. The molecule has 1 aromatic heterocycles. The molecule has 0 saturated heterocycles. The Morgan fingerprint density at radius 3 is 2.65 bits per heavy atom. The van der Waals surface area contributed by atoms with Gasteiger partial charge in [-0.05, 0) is 19.8 Å². The minimum atomic E-state index is -1.12. The number of aliphatic hydroxyl groups excluding tert-OH is 1. The van der Waals surface area contributed by atoms with Crippen molar-refractivity contribution in [3.63, 3.8) is 0 Å². The second kappa shape index (κ2) is 5.58. The number of carboxylic acids is 1. The molecule has 0 aliphatic rings. The van der Waals surface area contributed by atoms with Crippen LogP contribution in [0.3, 0.4) is 0 Å². The van der Waals surface area contributed by atoms with Gasteiger partial charge in [-0.3, -0.25) is 0 Å². The molecule has 3 N–H and O–H groups in total. The van der Waals surface area contributed by atoms with E-state index in [0.29, 0.717) is 6.42 Å². The van der Waals surface area contributed by atoms with Gasteiger partial charge in [0.1, 0.15) is 0 Å². The Hall–Kier alpha value is -1.69. The van der Waals surface area contributed by atoms with Crippen molar-refractivity contribution in [2.45, 2.75) is 32.2 Å². The molecule has 1 heterocycles. The van der Waals surface area contributed by atoms with Crippen molar-refractivity contribution in [2.75, 3.05) is 11.9 Å². The molecular weight excluding hydrogens is 222 g/mol. The first kappa shape index (κ1) is 13.4. The number of anilines is 1. The van der Waals surface area contributed by atoms with Crippen molar-refractivity contribution in [3.05, 3.63) is 18.1 Å². The highest BCUT2D eigenvalue weighted by molar-refractivity contribution is 5.90. The number of hydrogen-bond acceptors (Lipinski definition) is 5. The number of carbonyl (C=O) groups is 1. The highest BCUT2D eigenvalue weighted by atomic mass is 16.4. The van der Waals surface area contributed by atoms with Gasteiger partial charge >= 0.3 is 5.97 Å². The Bertz CT molecular complexity index is 397. The van der Waals surface area contributed by atoms with Crippen molar-refractivity contribution in [1.29, 1.82) is 0 Å². The Kier molecular flexibility index (Phi) is 4.39. The second-order valence-electron chi connectivity index (χ2n) is 4.07. The van der Waals surface area contributed by atoms with Crippen LogP contribution in [0.1, 0.15) is 37.2 Å². The van der Waals surface area contributed by atoms with Gasteiger partial charge in [0.2, 0.25) is 0 Å². The first-order chi connectivity index (χ1) is 8.02. The van der Waals surface area contributed by atoms with Crippen LogP contribution in [0, 0.1) is 0 Å². The van der Waals surface area contributed by atoms with E-state index in [1.54, 1.807) is 0 Å². The van der Waals surface area contributed by atoms with Crippen LogP contribution in [0.4, 0.5) is 5.82 Å². The fourth-order valence-corrected chi connectivity index (χ4v) is 1.45. The van der Waals surface area contributed by atoms with Gasteiger partial charge in [-0.25, -0.2) is 14.8 Å². The summed E-state index contributed by atoms with van der Waals surface area (Å²) >= 11 is 0. The summed E-state index contributed by atoms with van der Waals surface area (Å²) in [5.74, 6) is -0.888. The summed E-state index contributed by atoms with van der Waals surface area (Å²) in [6.07, 6.45) is 4.02. The lowest BCUT2D eigenvalue weighted by atomic mass is 9.95. The monoisotopic (exact) mass is 239 g/mol. The third-order valence-corrected chi connectivity index (χ3v) is 2.76. The molecule has 0 aliphatic heterocycles. The number of carboxylic acid groups (broad SMARTS) is 1. The van der Waals surface area contributed by atoms with Crippen molar-refractivity contribution in [2.24, 2.45) is 0 Å². The highest BCUT2D eigenvalue weighted by Crippen LogP contribution is 2.21. The Balaban J connectivity index is 2.97. The van der Waals surface area contributed by atoms with E-state index in [9.17, 15) is 4.79 Å². The third kappa shape index (κ3) is 3.39. The maximum absolute atomic E-state index is 11.0. The van der Waals surface area contributed by atoms with E-state index >= 15 is 0 Å². The van der Waals surface area contributed by atoms with Crippen LogP contribution >= 0.6 is 0 Å². The fraction of sp³-hybridized carbons (Fsp3) is 0.545. The molecule has 1 rings (SSSR count). The standard InChI is InChI=1S/C11H17N3O3/c1-3-11(2,4-7-15)14-9-8(10(16)17)12-5-6-13-9/h5-6,15H,3-4,7H2,1-2H3,(H,13,14)(H,16,17). The summed E-state index contributed by atoms with van der Waals surface area (Å²) in [6.45, 7) is 3.89. The van der Waals surface area contributed by atoms with E-state index in [-0.39, 0.29) is 18.1 Å². The molecule has 0 bridgehead atoms. The van der Waals surface area contributed by atoms with E-state index < -0.39 is 11.5 Å². The van der Waals surface area contributed by atoms with Gasteiger partial charge in [0, 0.05) is 24.5 Å². The SMILES string of the molecule is CCC(C)(CCO)Nc1nccnc1C(=O)O. The fourth-order valence-electron chi connectivity index (χ4n) is 1.45. The molecule has 17 heavy (non-hydrogen) atoms. The van der Waals surface area contributed by atoms with Crippen LogP contribution in [0.15, 0.2) is 12.4 Å². The number of rotatable bonds is 6. The van der Waals surface area contributed by atoms with E-state index in [4.69, 9.17) is 10.2 Å². The number of aromatic carboxylic acids is 1. The molecule has 1 atom stereocenters. The summed E-state index contributed by atoms with van der Waals surface area (Å²) in [5.41, 5.74) is -0.500. The van der Waals surface area contributed by atoms with E-state index in [1.165, 1.54) is 12.4 Å². The zero-order chi connectivity index (χ0) is 12.9. The summed E-state index contributed by atoms with van der Waals surface area (Å²) in [7, 11) is 0. The highest BCUT2D eigenvalue weighted by Gasteiger charge is 2.24. The molecular formula is C11H17N3O3. The number of nitrogens with zero attached hydrogens (tertiary/aromatic N) is 2. The van der Waals surface area contributed by atoms with E-state index in [1.807, 2.05) is 13.8 Å². The first-order valence-corrected chi connectivity index (χ1v) is 5.46. The maximum Gasteiger partial charge on any atom is 0.358 e. The van der Waals surface area contributed by atoms with Gasteiger partial charge in [-0.2, -0.15) is 0 Å². The summed E-state index contributed by atoms with van der Waals surface area (Å²) < 4.78 is 0. The lowest BCUT2D eigenvalue weighted by Crippen LogP contribution is -2.36. The van der Waals surface area contributed by atoms with Crippen LogP contribution in [0.5, 0.6) is 0 Å². The minimum Gasteiger partial charge on any atom is -0.476 e. The molecule has 0 aliphatic carbocycles. The second-order valence-corrected chi connectivity index (χ2v) is 4.07. The number of hydrogen-bond donors (Lipinski definition) is 3. The van der Waals surface area contributed by atoms with Gasteiger partial charge in [0.15, 0.2) is 11.5 Å². The molecule has 0 radical (unpaired) electrons. The molecule has 0 amide bonds. The molecule has 0 aromatic carbocycles. The van der Waals surface area contributed by atoms with Gasteiger partial charge in [-0.15, -0.1) is 0 Å². The van der Waals surface area contributed by atoms with E-state index in [0.717, 1.165) is 6.42 Å². The predicted octanol–water partition coefficient (Wildman–Crippen LogP) is 1.14. The van der Waals surface area contributed by atoms with Crippen molar-refractivity contribution >= 4 is 11.8 Å². The zero-order valence-corrected chi connectivity index (χ0v) is 9.97. The molecule has 0 saturated carbocycles. The quantitative estimate of drug-likeness (QED) is 0.689. The zero-order valence-electron chi connectivity index (χ0n) is 9.97. The van der Waals surface area contributed by atoms with Gasteiger partial charge < -0.3 is 15.5 Å². The Morgan fingerprint density at radius 2 is 2.12 bits per heavy atom. The lowest BCUT2D eigenvalue weighted by Gasteiger charge is -2.29. The number of nitrogens with one attached hydrogen (secondary N) is 1. The van der Waals surface area contributed by atoms with Gasteiger partial charge in [-0.1, -0.05) is 6.92 Å².